The number of nitrogen functional groups attached to an aromatic ring is 1. The molecule has 0 saturated heterocycles. The van der Waals surface area contributed by atoms with Crippen molar-refractivity contribution in [1.82, 2.24) is 9.97 Å². The molecule has 0 aliphatic rings. The number of hydrogen-bond donors (Lipinski definition) is 2. The van der Waals surface area contributed by atoms with Crippen LogP contribution in [0.5, 0.6) is 0 Å². The van der Waals surface area contributed by atoms with Crippen molar-refractivity contribution in [3.8, 4) is 0 Å². The van der Waals surface area contributed by atoms with Crippen LogP contribution in [0.1, 0.15) is 0 Å². The summed E-state index contributed by atoms with van der Waals surface area (Å²) in [5, 5.41) is 0.137. The summed E-state index contributed by atoms with van der Waals surface area (Å²) in [5.74, 6) is 3.11. The van der Waals surface area contributed by atoms with E-state index in [0.717, 1.165) is 11.8 Å². The number of nitrogens with zero attached hydrogens (tertiary/aromatic N) is 2. The molecule has 0 aromatic carbocycles. The minimum atomic E-state index is -0.864. The monoisotopic (exact) mass is 244 g/mol. The summed E-state index contributed by atoms with van der Waals surface area (Å²) >= 11 is 0.833. The van der Waals surface area contributed by atoms with Gasteiger partial charge in [-0.2, -0.15) is 0 Å². The van der Waals surface area contributed by atoms with Crippen LogP contribution in [0.4, 0.5) is 14.6 Å². The second kappa shape index (κ2) is 4.45. The number of rotatable bonds is 3. The third-order valence-electron chi connectivity index (χ3n) is 1.63. The molecular formula is C8H6F2N4OS. The second-order valence-corrected chi connectivity index (χ2v) is 3.59. The molecule has 2 aromatic heterocycles. The Morgan fingerprint density at radius 1 is 1.38 bits per heavy atom. The van der Waals surface area contributed by atoms with Gasteiger partial charge < -0.3 is 9.84 Å². The number of hydrogen-bond acceptors (Lipinski definition) is 6. The number of nitrogens with one attached hydrogen (secondary N) is 1. The summed E-state index contributed by atoms with van der Waals surface area (Å²) in [5.41, 5.74) is 2.03. The van der Waals surface area contributed by atoms with E-state index in [1.54, 1.807) is 0 Å². The Balaban J connectivity index is 2.33. The Bertz CT molecular complexity index is 491. The zero-order valence-electron chi connectivity index (χ0n) is 7.78. The highest BCUT2D eigenvalue weighted by Gasteiger charge is 2.14. The van der Waals surface area contributed by atoms with Crippen LogP contribution in [0.25, 0.3) is 0 Å². The fraction of sp³-hybridized carbons (Fsp3) is 0. The van der Waals surface area contributed by atoms with Gasteiger partial charge in [-0.25, -0.2) is 24.6 Å². The number of halogens is 2. The van der Waals surface area contributed by atoms with Crippen molar-refractivity contribution in [2.75, 3.05) is 5.43 Å². The van der Waals surface area contributed by atoms with Crippen LogP contribution in [0.3, 0.4) is 0 Å². The van der Waals surface area contributed by atoms with E-state index in [-0.39, 0.29) is 16.1 Å². The number of nitrogens with two attached hydrogens (primary N) is 1. The van der Waals surface area contributed by atoms with E-state index in [0.29, 0.717) is 6.07 Å². The number of oxazole rings is 1. The molecule has 0 unspecified atom stereocenters. The van der Waals surface area contributed by atoms with Gasteiger partial charge in [0.1, 0.15) is 11.3 Å². The summed E-state index contributed by atoms with van der Waals surface area (Å²) in [4.78, 5) is 7.42. The van der Waals surface area contributed by atoms with Gasteiger partial charge in [-0.3, -0.25) is 0 Å². The molecule has 5 nitrogen and oxygen atoms in total. The lowest BCUT2D eigenvalue weighted by molar-refractivity contribution is 0.452. The maximum Gasteiger partial charge on any atom is 0.262 e. The van der Waals surface area contributed by atoms with Crippen LogP contribution in [0.2, 0.25) is 0 Å². The molecule has 2 heterocycles. The highest BCUT2D eigenvalue weighted by molar-refractivity contribution is 7.99. The van der Waals surface area contributed by atoms with Gasteiger partial charge in [0.2, 0.25) is 0 Å². The zero-order chi connectivity index (χ0) is 11.5. The maximum atomic E-state index is 13.3. The molecule has 3 N–H and O–H groups in total. The van der Waals surface area contributed by atoms with Crippen molar-refractivity contribution in [2.45, 2.75) is 10.2 Å². The predicted molar refractivity (Wildman–Crippen MR) is 52.6 cm³/mol. The Labute approximate surface area is 93.0 Å². The molecule has 0 fully saturated rings. The summed E-state index contributed by atoms with van der Waals surface area (Å²) in [6, 6.07) is 0.688. The largest absolute Gasteiger partial charge is 0.440 e. The quantitative estimate of drug-likeness (QED) is 0.633. The first kappa shape index (κ1) is 10.8. The van der Waals surface area contributed by atoms with Crippen LogP contribution in [-0.2, 0) is 0 Å². The molecule has 0 saturated carbocycles. The first-order chi connectivity index (χ1) is 7.70. The average molecular weight is 244 g/mol. The Morgan fingerprint density at radius 3 is 2.81 bits per heavy atom. The summed E-state index contributed by atoms with van der Waals surface area (Å²) in [6.45, 7) is 0. The van der Waals surface area contributed by atoms with Crippen molar-refractivity contribution in [2.24, 2.45) is 5.84 Å². The van der Waals surface area contributed by atoms with E-state index in [4.69, 9.17) is 10.3 Å². The smallest absolute Gasteiger partial charge is 0.262 e. The van der Waals surface area contributed by atoms with Gasteiger partial charge in [-0.15, -0.1) is 0 Å². The van der Waals surface area contributed by atoms with E-state index < -0.39 is 11.6 Å². The highest BCUT2D eigenvalue weighted by Crippen LogP contribution is 2.28. The minimum Gasteiger partial charge on any atom is -0.440 e. The molecule has 0 amide bonds. The zero-order valence-corrected chi connectivity index (χ0v) is 8.59. The van der Waals surface area contributed by atoms with Crippen LogP contribution in [0.15, 0.2) is 33.2 Å². The predicted octanol–water partition coefficient (Wildman–Crippen LogP) is 1.78. The normalized spacial score (nSPS) is 10.4. The van der Waals surface area contributed by atoms with Gasteiger partial charge >= 0.3 is 0 Å². The van der Waals surface area contributed by atoms with Gasteiger partial charge in [0.25, 0.3) is 5.22 Å². The van der Waals surface area contributed by atoms with Gasteiger partial charge in [0.05, 0.1) is 6.20 Å². The van der Waals surface area contributed by atoms with Crippen molar-refractivity contribution < 1.29 is 13.2 Å². The molecule has 0 aliphatic heterocycles. The SMILES string of the molecule is NNc1nc(Sc2ncco2)c(F)cc1F. The van der Waals surface area contributed by atoms with E-state index in [9.17, 15) is 8.78 Å². The molecular weight excluding hydrogens is 238 g/mol. The molecule has 16 heavy (non-hydrogen) atoms. The van der Waals surface area contributed by atoms with Crippen LogP contribution in [0, 0.1) is 11.6 Å². The third kappa shape index (κ3) is 2.12. The standard InChI is InChI=1S/C8H6F2N4OS/c9-4-3-5(10)7(13-6(4)14-11)16-8-12-1-2-15-8/h1-3H,11H2,(H,13,14). The molecule has 0 radical (unpaired) electrons. The summed E-state index contributed by atoms with van der Waals surface area (Å²) in [6.07, 6.45) is 2.75. The van der Waals surface area contributed by atoms with Gasteiger partial charge in [0.15, 0.2) is 17.5 Å². The number of anilines is 1. The van der Waals surface area contributed by atoms with E-state index in [1.807, 2.05) is 5.43 Å². The maximum absolute atomic E-state index is 13.3. The Kier molecular flexibility index (Phi) is 3.02. The van der Waals surface area contributed by atoms with Gasteiger partial charge in [0, 0.05) is 6.07 Å². The van der Waals surface area contributed by atoms with Crippen LogP contribution < -0.4 is 11.3 Å². The lowest BCUT2D eigenvalue weighted by atomic mass is 10.4. The lowest BCUT2D eigenvalue weighted by Gasteiger charge is -2.04. The first-order valence-corrected chi connectivity index (χ1v) is 4.92. The first-order valence-electron chi connectivity index (χ1n) is 4.10. The summed E-state index contributed by atoms with van der Waals surface area (Å²) < 4.78 is 31.2. The van der Waals surface area contributed by atoms with Crippen molar-refractivity contribution in [3.05, 3.63) is 30.2 Å². The fourth-order valence-corrected chi connectivity index (χ4v) is 1.64. The number of hydrazine groups is 1. The van der Waals surface area contributed by atoms with Gasteiger partial charge in [-0.05, 0) is 11.8 Å². The van der Waals surface area contributed by atoms with Crippen molar-refractivity contribution >= 4 is 17.6 Å². The van der Waals surface area contributed by atoms with Crippen LogP contribution >= 0.6 is 11.8 Å². The fourth-order valence-electron chi connectivity index (χ4n) is 0.966. The van der Waals surface area contributed by atoms with Crippen LogP contribution in [-0.4, -0.2) is 9.97 Å². The molecule has 0 aliphatic carbocycles. The molecule has 0 spiro atoms. The minimum absolute atomic E-state index is 0.0724. The molecule has 84 valence electrons. The van der Waals surface area contributed by atoms with E-state index in [1.165, 1.54) is 12.5 Å². The molecule has 8 heteroatoms. The molecule has 0 atom stereocenters. The Hall–Kier alpha value is -1.67. The summed E-state index contributed by atoms with van der Waals surface area (Å²) in [7, 11) is 0. The molecule has 2 aromatic rings. The molecule has 2 rings (SSSR count). The average Bonchev–Trinajstić information content (AvgIpc) is 2.75. The van der Waals surface area contributed by atoms with Crippen molar-refractivity contribution in [1.29, 1.82) is 0 Å². The second-order valence-electron chi connectivity index (χ2n) is 2.65. The van der Waals surface area contributed by atoms with E-state index >= 15 is 0 Å². The lowest BCUT2D eigenvalue weighted by Crippen LogP contribution is -2.11. The van der Waals surface area contributed by atoms with E-state index in [2.05, 4.69) is 9.97 Å². The Morgan fingerprint density at radius 2 is 2.19 bits per heavy atom. The highest BCUT2D eigenvalue weighted by atomic mass is 32.2. The number of pyridine rings is 1. The molecule has 0 bridgehead atoms. The van der Waals surface area contributed by atoms with Gasteiger partial charge in [-0.1, -0.05) is 0 Å². The van der Waals surface area contributed by atoms with Crippen molar-refractivity contribution in [3.63, 3.8) is 0 Å². The third-order valence-corrected chi connectivity index (χ3v) is 2.48. The number of aromatic nitrogens is 2. The topological polar surface area (TPSA) is 77.0 Å².